The first kappa shape index (κ1) is 9.00. The van der Waals surface area contributed by atoms with Crippen molar-refractivity contribution in [1.29, 1.82) is 0 Å². The van der Waals surface area contributed by atoms with E-state index in [-0.39, 0.29) is 11.6 Å². The van der Waals surface area contributed by atoms with E-state index in [4.69, 9.17) is 10.8 Å². The van der Waals surface area contributed by atoms with Crippen LogP contribution in [0, 0.1) is 12.7 Å². The molecule has 1 rings (SSSR count). The highest BCUT2D eigenvalue weighted by molar-refractivity contribution is 5.34. The maximum Gasteiger partial charge on any atom is 0.129 e. The fourth-order valence-electron chi connectivity index (χ4n) is 1.16. The largest absolute Gasteiger partial charge is 0.508 e. The predicted octanol–water partition coefficient (Wildman–Crippen LogP) is 1.34. The Kier molecular flexibility index (Phi) is 2.65. The van der Waals surface area contributed by atoms with Crippen molar-refractivity contribution >= 4 is 0 Å². The lowest BCUT2D eigenvalue weighted by Crippen LogP contribution is -2.05. The van der Waals surface area contributed by atoms with Gasteiger partial charge in [0, 0.05) is 0 Å². The number of benzene rings is 1. The van der Waals surface area contributed by atoms with Gasteiger partial charge in [-0.05, 0) is 43.1 Å². The van der Waals surface area contributed by atoms with Gasteiger partial charge < -0.3 is 10.8 Å². The van der Waals surface area contributed by atoms with Crippen LogP contribution in [0.4, 0.5) is 4.39 Å². The highest BCUT2D eigenvalue weighted by Gasteiger charge is 2.05. The third-order valence-corrected chi connectivity index (χ3v) is 1.73. The van der Waals surface area contributed by atoms with Crippen LogP contribution >= 0.6 is 0 Å². The van der Waals surface area contributed by atoms with Crippen molar-refractivity contribution < 1.29 is 9.50 Å². The van der Waals surface area contributed by atoms with Gasteiger partial charge in [-0.15, -0.1) is 0 Å². The second-order valence-corrected chi connectivity index (χ2v) is 2.77. The highest BCUT2D eigenvalue weighted by atomic mass is 19.1. The molecule has 3 heteroatoms. The first-order valence-electron chi connectivity index (χ1n) is 3.83. The Labute approximate surface area is 70.8 Å². The normalized spacial score (nSPS) is 10.2. The molecule has 0 bridgehead atoms. The Balaban J connectivity index is 3.09. The summed E-state index contributed by atoms with van der Waals surface area (Å²) >= 11 is 0. The van der Waals surface area contributed by atoms with Crippen LogP contribution in [-0.2, 0) is 6.42 Å². The maximum absolute atomic E-state index is 13.2. The van der Waals surface area contributed by atoms with E-state index in [1.165, 1.54) is 12.1 Å². The van der Waals surface area contributed by atoms with Crippen molar-refractivity contribution in [1.82, 2.24) is 0 Å². The summed E-state index contributed by atoms with van der Waals surface area (Å²) in [5, 5.41) is 9.14. The summed E-state index contributed by atoms with van der Waals surface area (Å²) in [5.41, 5.74) is 6.22. The lowest BCUT2D eigenvalue weighted by molar-refractivity contribution is 0.470. The molecule has 0 aliphatic carbocycles. The van der Waals surface area contributed by atoms with Crippen molar-refractivity contribution in [2.45, 2.75) is 13.3 Å². The molecule has 3 N–H and O–H groups in total. The van der Waals surface area contributed by atoms with Gasteiger partial charge in [0.1, 0.15) is 11.6 Å². The van der Waals surface area contributed by atoms with Crippen LogP contribution in [0.3, 0.4) is 0 Å². The van der Waals surface area contributed by atoms with E-state index in [1.807, 2.05) is 0 Å². The number of hydrogen-bond donors (Lipinski definition) is 2. The standard InChI is InChI=1S/C9H12FNO/c1-6-4-8(12)5-7(2-3-11)9(6)10/h4-5,12H,2-3,11H2,1H3. The van der Waals surface area contributed by atoms with Crippen molar-refractivity contribution in [2.24, 2.45) is 5.73 Å². The van der Waals surface area contributed by atoms with Gasteiger partial charge in [-0.1, -0.05) is 0 Å². The molecule has 0 atom stereocenters. The van der Waals surface area contributed by atoms with E-state index in [9.17, 15) is 4.39 Å². The molecule has 66 valence electrons. The molecule has 0 spiro atoms. The summed E-state index contributed by atoms with van der Waals surface area (Å²) in [6.07, 6.45) is 0.459. The molecule has 0 fully saturated rings. The fraction of sp³-hybridized carbons (Fsp3) is 0.333. The van der Waals surface area contributed by atoms with Crippen molar-refractivity contribution in [3.8, 4) is 5.75 Å². The molecule has 2 nitrogen and oxygen atoms in total. The second kappa shape index (κ2) is 3.54. The summed E-state index contributed by atoms with van der Waals surface area (Å²) in [5.74, 6) is -0.171. The van der Waals surface area contributed by atoms with Gasteiger partial charge in [0.25, 0.3) is 0 Å². The number of hydrogen-bond acceptors (Lipinski definition) is 2. The Bertz CT molecular complexity index is 286. The molecular formula is C9H12FNO. The van der Waals surface area contributed by atoms with Crippen LogP contribution in [0.1, 0.15) is 11.1 Å². The monoisotopic (exact) mass is 169 g/mol. The van der Waals surface area contributed by atoms with Gasteiger partial charge in [0.15, 0.2) is 0 Å². The number of aromatic hydroxyl groups is 1. The zero-order chi connectivity index (χ0) is 9.14. The van der Waals surface area contributed by atoms with Crippen molar-refractivity contribution in [2.75, 3.05) is 6.54 Å². The minimum atomic E-state index is -0.266. The number of phenols is 1. The molecule has 0 aromatic heterocycles. The Morgan fingerprint density at radius 1 is 1.50 bits per heavy atom. The Hall–Kier alpha value is -1.09. The summed E-state index contributed by atoms with van der Waals surface area (Å²) in [6.45, 7) is 2.01. The van der Waals surface area contributed by atoms with Gasteiger partial charge >= 0.3 is 0 Å². The highest BCUT2D eigenvalue weighted by Crippen LogP contribution is 2.19. The first-order valence-corrected chi connectivity index (χ1v) is 3.83. The number of phenolic OH excluding ortho intramolecular Hbond substituents is 1. The quantitative estimate of drug-likeness (QED) is 0.701. The van der Waals surface area contributed by atoms with E-state index in [0.717, 1.165) is 0 Å². The molecule has 0 aliphatic heterocycles. The van der Waals surface area contributed by atoms with Gasteiger partial charge in [-0.25, -0.2) is 4.39 Å². The molecule has 1 aromatic carbocycles. The first-order chi connectivity index (χ1) is 5.65. The Morgan fingerprint density at radius 3 is 2.75 bits per heavy atom. The van der Waals surface area contributed by atoms with Gasteiger partial charge in [-0.2, -0.15) is 0 Å². The van der Waals surface area contributed by atoms with E-state index >= 15 is 0 Å². The molecule has 0 heterocycles. The average Bonchev–Trinajstić information content (AvgIpc) is 2.00. The summed E-state index contributed by atoms with van der Waals surface area (Å²) in [7, 11) is 0. The smallest absolute Gasteiger partial charge is 0.129 e. The van der Waals surface area contributed by atoms with Gasteiger partial charge in [-0.3, -0.25) is 0 Å². The third-order valence-electron chi connectivity index (χ3n) is 1.73. The summed E-state index contributed by atoms with van der Waals surface area (Å²) in [6, 6.07) is 2.81. The van der Waals surface area contributed by atoms with Gasteiger partial charge in [0.05, 0.1) is 0 Å². The van der Waals surface area contributed by atoms with Crippen molar-refractivity contribution in [3.63, 3.8) is 0 Å². The van der Waals surface area contributed by atoms with Crippen molar-refractivity contribution in [3.05, 3.63) is 29.1 Å². The minimum Gasteiger partial charge on any atom is -0.508 e. The van der Waals surface area contributed by atoms with E-state index in [1.54, 1.807) is 6.92 Å². The van der Waals surface area contributed by atoms with Crippen LogP contribution in [0.5, 0.6) is 5.75 Å². The Morgan fingerprint density at radius 2 is 2.17 bits per heavy atom. The lowest BCUT2D eigenvalue weighted by atomic mass is 10.1. The molecule has 0 unspecified atom stereocenters. The second-order valence-electron chi connectivity index (χ2n) is 2.77. The third kappa shape index (κ3) is 1.74. The van der Waals surface area contributed by atoms with Crippen LogP contribution in [0.15, 0.2) is 12.1 Å². The van der Waals surface area contributed by atoms with Crippen LogP contribution in [0.2, 0.25) is 0 Å². The molecule has 0 saturated heterocycles. The topological polar surface area (TPSA) is 46.2 Å². The summed E-state index contributed by atoms with van der Waals surface area (Å²) < 4.78 is 13.2. The van der Waals surface area contributed by atoms with Crippen LogP contribution in [-0.4, -0.2) is 11.7 Å². The molecule has 1 aromatic rings. The molecule has 12 heavy (non-hydrogen) atoms. The molecule has 0 saturated carbocycles. The van der Waals surface area contributed by atoms with Crippen LogP contribution < -0.4 is 5.73 Å². The average molecular weight is 169 g/mol. The minimum absolute atomic E-state index is 0.0948. The summed E-state index contributed by atoms with van der Waals surface area (Å²) in [4.78, 5) is 0. The fourth-order valence-corrected chi connectivity index (χ4v) is 1.16. The predicted molar refractivity (Wildman–Crippen MR) is 45.6 cm³/mol. The van der Waals surface area contributed by atoms with E-state index in [2.05, 4.69) is 0 Å². The number of aryl methyl sites for hydroxylation is 1. The van der Waals surface area contributed by atoms with Crippen LogP contribution in [0.25, 0.3) is 0 Å². The zero-order valence-corrected chi connectivity index (χ0v) is 6.97. The maximum atomic E-state index is 13.2. The number of nitrogens with two attached hydrogens (primary N) is 1. The molecular weight excluding hydrogens is 157 g/mol. The SMILES string of the molecule is Cc1cc(O)cc(CCN)c1F. The van der Waals surface area contributed by atoms with E-state index < -0.39 is 0 Å². The molecule has 0 radical (unpaired) electrons. The molecule has 0 amide bonds. The lowest BCUT2D eigenvalue weighted by Gasteiger charge is -2.04. The molecule has 0 aliphatic rings. The number of rotatable bonds is 2. The zero-order valence-electron chi connectivity index (χ0n) is 6.97. The van der Waals surface area contributed by atoms with Gasteiger partial charge in [0.2, 0.25) is 0 Å². The number of halogens is 1. The van der Waals surface area contributed by atoms with E-state index in [0.29, 0.717) is 24.1 Å².